The number of fused-ring (bicyclic) bond motifs is 2. The van der Waals surface area contributed by atoms with Crippen molar-refractivity contribution in [1.29, 1.82) is 0 Å². The third kappa shape index (κ3) is 3.08. The van der Waals surface area contributed by atoms with E-state index in [0.717, 1.165) is 17.8 Å². The highest BCUT2D eigenvalue weighted by atomic mass is 28.3. The van der Waals surface area contributed by atoms with Gasteiger partial charge < -0.3 is 8.85 Å². The van der Waals surface area contributed by atoms with Crippen LogP contribution in [-0.4, -0.2) is 23.5 Å². The molecule has 2 nitrogen and oxygen atoms in total. The highest BCUT2D eigenvalue weighted by molar-refractivity contribution is 6.44. The van der Waals surface area contributed by atoms with Crippen molar-refractivity contribution in [2.45, 2.75) is 51.0 Å². The molecule has 0 spiro atoms. The van der Waals surface area contributed by atoms with Crippen LogP contribution >= 0.6 is 0 Å². The molecule has 0 saturated heterocycles. The predicted molar refractivity (Wildman–Crippen MR) is 68.8 cm³/mol. The first kappa shape index (κ1) is 12.6. The maximum atomic E-state index is 5.34. The first-order valence-electron chi connectivity index (χ1n) is 6.89. The first-order chi connectivity index (χ1) is 7.83. The van der Waals surface area contributed by atoms with Gasteiger partial charge in [-0.15, -0.1) is 0 Å². The van der Waals surface area contributed by atoms with Crippen LogP contribution < -0.4 is 0 Å². The molecule has 3 unspecified atom stereocenters. The lowest BCUT2D eigenvalue weighted by Crippen LogP contribution is -2.18. The largest absolute Gasteiger partial charge is 0.400 e. The molecule has 0 aromatic heterocycles. The fourth-order valence-electron chi connectivity index (χ4n) is 3.78. The molecule has 0 aromatic carbocycles. The molecule has 0 aliphatic heterocycles. The van der Waals surface area contributed by atoms with Crippen molar-refractivity contribution < 1.29 is 8.85 Å². The summed E-state index contributed by atoms with van der Waals surface area (Å²) in [7, 11) is 2.30. The highest BCUT2D eigenvalue weighted by Crippen LogP contribution is 2.49. The van der Waals surface area contributed by atoms with Crippen molar-refractivity contribution in [1.82, 2.24) is 0 Å². The molecule has 0 heterocycles. The van der Waals surface area contributed by atoms with E-state index in [1.165, 1.54) is 38.1 Å². The predicted octanol–water partition coefficient (Wildman–Crippen LogP) is 3.11. The smallest absolute Gasteiger partial charge is 0.320 e. The molecule has 2 rings (SSSR count). The number of rotatable bonds is 7. The highest BCUT2D eigenvalue weighted by Gasteiger charge is 2.38. The summed E-state index contributed by atoms with van der Waals surface area (Å²) in [5.74, 6) is 3.28. The minimum Gasteiger partial charge on any atom is -0.400 e. The van der Waals surface area contributed by atoms with Crippen LogP contribution in [0.5, 0.6) is 0 Å². The van der Waals surface area contributed by atoms with E-state index < -0.39 is 9.28 Å². The van der Waals surface area contributed by atoms with Gasteiger partial charge in [0.1, 0.15) is 0 Å². The van der Waals surface area contributed by atoms with E-state index in [1.54, 1.807) is 27.1 Å². The average molecular weight is 242 g/mol. The Bertz CT molecular complexity index is 206. The fourth-order valence-corrected chi connectivity index (χ4v) is 5.07. The minimum atomic E-state index is -1.27. The summed E-state index contributed by atoms with van der Waals surface area (Å²) in [5.41, 5.74) is 0. The molecule has 2 bridgehead atoms. The second-order valence-corrected chi connectivity index (χ2v) is 8.00. The van der Waals surface area contributed by atoms with Gasteiger partial charge in [0.2, 0.25) is 0 Å². The Balaban J connectivity index is 1.55. The lowest BCUT2D eigenvalue weighted by atomic mass is 9.85. The summed E-state index contributed by atoms with van der Waals surface area (Å²) in [6.07, 6.45) is 10.3. The van der Waals surface area contributed by atoms with Gasteiger partial charge in [0, 0.05) is 14.2 Å². The van der Waals surface area contributed by atoms with Crippen molar-refractivity contribution in [3.05, 3.63) is 0 Å². The summed E-state index contributed by atoms with van der Waals surface area (Å²) in [4.78, 5) is 0. The Labute approximate surface area is 102 Å². The molecular formula is C13H26O2Si. The van der Waals surface area contributed by atoms with E-state index in [9.17, 15) is 0 Å². The molecule has 2 saturated carbocycles. The zero-order valence-electron chi connectivity index (χ0n) is 10.8. The quantitative estimate of drug-likeness (QED) is 0.504. The first-order valence-corrected chi connectivity index (χ1v) is 8.65. The van der Waals surface area contributed by atoms with Crippen LogP contribution in [0.1, 0.15) is 44.9 Å². The summed E-state index contributed by atoms with van der Waals surface area (Å²) in [6.45, 7) is 0. The van der Waals surface area contributed by atoms with Crippen LogP contribution in [0.4, 0.5) is 0 Å². The van der Waals surface area contributed by atoms with Crippen LogP contribution in [-0.2, 0) is 8.85 Å². The zero-order valence-corrected chi connectivity index (χ0v) is 11.9. The summed E-state index contributed by atoms with van der Waals surface area (Å²) >= 11 is 0. The molecule has 16 heavy (non-hydrogen) atoms. The van der Waals surface area contributed by atoms with Crippen molar-refractivity contribution in [3.8, 4) is 0 Å². The maximum absolute atomic E-state index is 5.34. The molecule has 2 fully saturated rings. The van der Waals surface area contributed by atoms with Crippen LogP contribution in [0, 0.1) is 17.8 Å². The molecule has 0 aromatic rings. The normalized spacial score (nSPS) is 32.8. The monoisotopic (exact) mass is 242 g/mol. The fraction of sp³-hybridized carbons (Fsp3) is 1.00. The Morgan fingerprint density at radius 2 is 1.88 bits per heavy atom. The third-order valence-corrected chi connectivity index (χ3v) is 6.61. The second-order valence-electron chi connectivity index (χ2n) is 5.62. The van der Waals surface area contributed by atoms with Crippen LogP contribution in [0.3, 0.4) is 0 Å². The van der Waals surface area contributed by atoms with Crippen LogP contribution in [0.15, 0.2) is 0 Å². The zero-order chi connectivity index (χ0) is 11.4. The SMILES string of the molecule is CO[SiH](CCCCC1CC2CCC1C2)OC. The molecule has 3 heteroatoms. The molecule has 3 atom stereocenters. The van der Waals surface area contributed by atoms with Gasteiger partial charge in [-0.1, -0.05) is 25.7 Å². The Morgan fingerprint density at radius 3 is 2.44 bits per heavy atom. The minimum absolute atomic E-state index is 1.07. The summed E-state index contributed by atoms with van der Waals surface area (Å²) < 4.78 is 10.7. The maximum Gasteiger partial charge on any atom is 0.320 e. The topological polar surface area (TPSA) is 18.5 Å². The van der Waals surface area contributed by atoms with Gasteiger partial charge in [0.05, 0.1) is 0 Å². The van der Waals surface area contributed by atoms with Gasteiger partial charge in [-0.25, -0.2) is 0 Å². The van der Waals surface area contributed by atoms with Gasteiger partial charge >= 0.3 is 9.28 Å². The van der Waals surface area contributed by atoms with E-state index in [1.807, 2.05) is 0 Å². The Kier molecular flexibility index (Phi) is 4.86. The average Bonchev–Trinajstić information content (AvgIpc) is 2.91. The molecule has 2 aliphatic rings. The Morgan fingerprint density at radius 1 is 1.06 bits per heavy atom. The van der Waals surface area contributed by atoms with Crippen molar-refractivity contribution in [2.75, 3.05) is 14.2 Å². The summed E-state index contributed by atoms with van der Waals surface area (Å²) in [6, 6.07) is 1.19. The van der Waals surface area contributed by atoms with Crippen LogP contribution in [0.2, 0.25) is 6.04 Å². The molecule has 0 radical (unpaired) electrons. The molecule has 0 N–H and O–H groups in total. The number of hydrogen-bond acceptors (Lipinski definition) is 2. The van der Waals surface area contributed by atoms with Crippen molar-refractivity contribution in [2.24, 2.45) is 17.8 Å². The lowest BCUT2D eigenvalue weighted by Gasteiger charge is -2.21. The van der Waals surface area contributed by atoms with Crippen molar-refractivity contribution >= 4 is 9.28 Å². The van der Waals surface area contributed by atoms with Gasteiger partial charge in [-0.2, -0.15) is 0 Å². The van der Waals surface area contributed by atoms with Gasteiger partial charge in [-0.3, -0.25) is 0 Å². The molecule has 94 valence electrons. The van der Waals surface area contributed by atoms with E-state index >= 15 is 0 Å². The Hall–Kier alpha value is 0.137. The summed E-state index contributed by atoms with van der Waals surface area (Å²) in [5, 5.41) is 0. The number of hydrogen-bond donors (Lipinski definition) is 0. The van der Waals surface area contributed by atoms with Crippen molar-refractivity contribution in [3.63, 3.8) is 0 Å². The molecule has 0 amide bonds. The van der Waals surface area contributed by atoms with E-state index in [2.05, 4.69) is 0 Å². The molecule has 2 aliphatic carbocycles. The lowest BCUT2D eigenvalue weighted by molar-refractivity contribution is 0.273. The van der Waals surface area contributed by atoms with E-state index in [-0.39, 0.29) is 0 Å². The van der Waals surface area contributed by atoms with Gasteiger partial charge in [-0.05, 0) is 43.1 Å². The van der Waals surface area contributed by atoms with E-state index in [0.29, 0.717) is 0 Å². The standard InChI is InChI=1S/C13H26O2Si/c1-14-16(15-2)8-4-3-5-12-9-11-6-7-13(12)10-11/h11-13,16H,3-10H2,1-2H3. The van der Waals surface area contributed by atoms with Gasteiger partial charge in [0.25, 0.3) is 0 Å². The molecular weight excluding hydrogens is 216 g/mol. The van der Waals surface area contributed by atoms with Crippen LogP contribution in [0.25, 0.3) is 0 Å². The second kappa shape index (κ2) is 6.17. The third-order valence-electron chi connectivity index (χ3n) is 4.68. The number of unbranched alkanes of at least 4 members (excludes halogenated alkanes) is 1. The van der Waals surface area contributed by atoms with E-state index in [4.69, 9.17) is 8.85 Å². The van der Waals surface area contributed by atoms with Gasteiger partial charge in [0.15, 0.2) is 0 Å².